The van der Waals surface area contributed by atoms with Crippen molar-refractivity contribution in [2.24, 2.45) is 0 Å². The third kappa shape index (κ3) is 3.35. The van der Waals surface area contributed by atoms with E-state index in [0.29, 0.717) is 24.5 Å². The van der Waals surface area contributed by atoms with Gasteiger partial charge in [-0.05, 0) is 36.2 Å². The first kappa shape index (κ1) is 18.2. The Hall–Kier alpha value is -3.22. The normalized spacial score (nSPS) is 20.1. The Kier molecular flexibility index (Phi) is 4.81. The quantitative estimate of drug-likeness (QED) is 0.828. The molecule has 2 aromatic carbocycles. The number of anilines is 2. The van der Waals surface area contributed by atoms with Crippen LogP contribution in [0.2, 0.25) is 0 Å². The molecule has 0 aliphatic carbocycles. The van der Waals surface area contributed by atoms with Crippen LogP contribution >= 0.6 is 0 Å². The Morgan fingerprint density at radius 1 is 1.18 bits per heavy atom. The number of para-hydroxylation sites is 2. The molecule has 4 rings (SSSR count). The van der Waals surface area contributed by atoms with Crippen LogP contribution in [0.25, 0.3) is 0 Å². The molecule has 2 aliphatic rings. The molecule has 2 aromatic rings. The number of nitrogens with one attached hydrogen (secondary N) is 2. The second kappa shape index (κ2) is 7.42. The SMILES string of the molecule is COc1ccc(CC(=O)NC2CC3C(=O)Nc4ccccc4N3C2)cc1OC. The Bertz CT molecular complexity index is 914. The smallest absolute Gasteiger partial charge is 0.247 e. The van der Waals surface area contributed by atoms with Crippen LogP contribution in [0.15, 0.2) is 42.5 Å². The fourth-order valence-corrected chi connectivity index (χ4v) is 3.96. The van der Waals surface area contributed by atoms with E-state index in [-0.39, 0.29) is 30.3 Å². The maximum absolute atomic E-state index is 12.6. The Labute approximate surface area is 163 Å². The lowest BCUT2D eigenvalue weighted by atomic mass is 10.1. The third-order valence-electron chi connectivity index (χ3n) is 5.25. The van der Waals surface area contributed by atoms with Crippen molar-refractivity contribution >= 4 is 23.2 Å². The molecule has 0 saturated carbocycles. The summed E-state index contributed by atoms with van der Waals surface area (Å²) in [6, 6.07) is 12.9. The first-order valence-corrected chi connectivity index (χ1v) is 9.26. The lowest BCUT2D eigenvalue weighted by Gasteiger charge is -2.32. The summed E-state index contributed by atoms with van der Waals surface area (Å²) < 4.78 is 10.5. The maximum atomic E-state index is 12.6. The summed E-state index contributed by atoms with van der Waals surface area (Å²) in [5.41, 5.74) is 2.67. The van der Waals surface area contributed by atoms with Crippen LogP contribution in [0.1, 0.15) is 12.0 Å². The highest BCUT2D eigenvalue weighted by molar-refractivity contribution is 6.04. The van der Waals surface area contributed by atoms with Gasteiger partial charge in [-0.1, -0.05) is 18.2 Å². The molecule has 2 amide bonds. The predicted molar refractivity (Wildman–Crippen MR) is 106 cm³/mol. The van der Waals surface area contributed by atoms with Crippen LogP contribution in [0, 0.1) is 0 Å². The van der Waals surface area contributed by atoms with Gasteiger partial charge in [-0.15, -0.1) is 0 Å². The van der Waals surface area contributed by atoms with E-state index < -0.39 is 0 Å². The van der Waals surface area contributed by atoms with Gasteiger partial charge in [0.1, 0.15) is 6.04 Å². The summed E-state index contributed by atoms with van der Waals surface area (Å²) in [6.45, 7) is 0.618. The number of methoxy groups -OCH3 is 2. The zero-order valence-electron chi connectivity index (χ0n) is 15.9. The van der Waals surface area contributed by atoms with Gasteiger partial charge in [0.15, 0.2) is 11.5 Å². The molecule has 0 bridgehead atoms. The standard InChI is InChI=1S/C21H23N3O4/c1-27-18-8-7-13(9-19(18)28-2)10-20(25)22-14-11-17-21(26)23-15-5-3-4-6-16(15)24(17)12-14/h3-9,14,17H,10-12H2,1-2H3,(H,22,25)(H,23,26). The second-order valence-electron chi connectivity index (χ2n) is 7.04. The highest BCUT2D eigenvalue weighted by Gasteiger charge is 2.41. The first-order chi connectivity index (χ1) is 13.6. The number of hydrogen-bond donors (Lipinski definition) is 2. The zero-order chi connectivity index (χ0) is 19.7. The van der Waals surface area contributed by atoms with Crippen molar-refractivity contribution in [1.82, 2.24) is 5.32 Å². The van der Waals surface area contributed by atoms with Gasteiger partial charge >= 0.3 is 0 Å². The number of carbonyl (C=O) groups excluding carboxylic acids is 2. The summed E-state index contributed by atoms with van der Waals surface area (Å²) in [6.07, 6.45) is 0.835. The van der Waals surface area contributed by atoms with Gasteiger partial charge in [-0.2, -0.15) is 0 Å². The molecule has 2 atom stereocenters. The van der Waals surface area contributed by atoms with Crippen molar-refractivity contribution in [3.63, 3.8) is 0 Å². The van der Waals surface area contributed by atoms with Gasteiger partial charge in [0, 0.05) is 12.6 Å². The molecule has 0 radical (unpaired) electrons. The zero-order valence-corrected chi connectivity index (χ0v) is 15.9. The number of nitrogens with zero attached hydrogens (tertiary/aromatic N) is 1. The Morgan fingerprint density at radius 2 is 1.96 bits per heavy atom. The number of rotatable bonds is 5. The molecule has 2 heterocycles. The summed E-state index contributed by atoms with van der Waals surface area (Å²) in [4.78, 5) is 27.0. The molecule has 7 nitrogen and oxygen atoms in total. The number of amides is 2. The van der Waals surface area contributed by atoms with Crippen LogP contribution in [-0.2, 0) is 16.0 Å². The minimum atomic E-state index is -0.249. The molecule has 2 N–H and O–H groups in total. The van der Waals surface area contributed by atoms with Crippen LogP contribution in [0.3, 0.4) is 0 Å². The van der Waals surface area contributed by atoms with Crippen LogP contribution in [0.5, 0.6) is 11.5 Å². The average molecular weight is 381 g/mol. The first-order valence-electron chi connectivity index (χ1n) is 9.26. The molecular formula is C21H23N3O4. The lowest BCUT2D eigenvalue weighted by molar-refractivity contribution is -0.121. The number of ether oxygens (including phenoxy) is 2. The summed E-state index contributed by atoms with van der Waals surface area (Å²) >= 11 is 0. The van der Waals surface area contributed by atoms with Gasteiger partial charge < -0.3 is 25.0 Å². The molecule has 0 spiro atoms. The molecule has 1 saturated heterocycles. The van der Waals surface area contributed by atoms with E-state index in [9.17, 15) is 9.59 Å². The van der Waals surface area contributed by atoms with Crippen molar-refractivity contribution in [2.75, 3.05) is 31.0 Å². The largest absolute Gasteiger partial charge is 0.493 e. The van der Waals surface area contributed by atoms with E-state index in [1.54, 1.807) is 26.4 Å². The Morgan fingerprint density at radius 3 is 2.75 bits per heavy atom. The number of hydrogen-bond acceptors (Lipinski definition) is 5. The average Bonchev–Trinajstić information content (AvgIpc) is 3.12. The van der Waals surface area contributed by atoms with E-state index in [2.05, 4.69) is 15.5 Å². The summed E-state index contributed by atoms with van der Waals surface area (Å²) in [5, 5.41) is 6.02. The van der Waals surface area contributed by atoms with E-state index in [4.69, 9.17) is 9.47 Å². The molecular weight excluding hydrogens is 358 g/mol. The van der Waals surface area contributed by atoms with Crippen LogP contribution in [0.4, 0.5) is 11.4 Å². The second-order valence-corrected chi connectivity index (χ2v) is 7.04. The predicted octanol–water partition coefficient (Wildman–Crippen LogP) is 1.96. The molecule has 2 unspecified atom stereocenters. The number of carbonyl (C=O) groups is 2. The van der Waals surface area contributed by atoms with Gasteiger partial charge in [0.05, 0.1) is 32.0 Å². The number of fused-ring (bicyclic) bond motifs is 3. The topological polar surface area (TPSA) is 79.9 Å². The fraction of sp³-hybridized carbons (Fsp3) is 0.333. The van der Waals surface area contributed by atoms with Crippen molar-refractivity contribution in [3.8, 4) is 11.5 Å². The van der Waals surface area contributed by atoms with Crippen LogP contribution in [-0.4, -0.2) is 44.7 Å². The molecule has 0 aromatic heterocycles. The lowest BCUT2D eigenvalue weighted by Crippen LogP contribution is -2.44. The molecule has 28 heavy (non-hydrogen) atoms. The summed E-state index contributed by atoms with van der Waals surface area (Å²) in [7, 11) is 3.15. The Balaban J connectivity index is 1.42. The van der Waals surface area contributed by atoms with Gasteiger partial charge in [-0.25, -0.2) is 0 Å². The van der Waals surface area contributed by atoms with Gasteiger partial charge in [0.2, 0.25) is 11.8 Å². The van der Waals surface area contributed by atoms with Crippen molar-refractivity contribution in [2.45, 2.75) is 24.9 Å². The minimum absolute atomic E-state index is 0.0182. The van der Waals surface area contributed by atoms with Gasteiger partial charge in [-0.3, -0.25) is 9.59 Å². The van der Waals surface area contributed by atoms with E-state index in [0.717, 1.165) is 16.9 Å². The minimum Gasteiger partial charge on any atom is -0.493 e. The highest BCUT2D eigenvalue weighted by Crippen LogP contribution is 2.36. The van der Waals surface area contributed by atoms with E-state index >= 15 is 0 Å². The van der Waals surface area contributed by atoms with Crippen molar-refractivity contribution in [3.05, 3.63) is 48.0 Å². The fourth-order valence-electron chi connectivity index (χ4n) is 3.96. The van der Waals surface area contributed by atoms with Crippen LogP contribution < -0.4 is 25.0 Å². The van der Waals surface area contributed by atoms with E-state index in [1.807, 2.05) is 30.3 Å². The molecule has 7 heteroatoms. The molecule has 1 fully saturated rings. The molecule has 2 aliphatic heterocycles. The number of benzene rings is 2. The van der Waals surface area contributed by atoms with Crippen molar-refractivity contribution in [1.29, 1.82) is 0 Å². The summed E-state index contributed by atoms with van der Waals surface area (Å²) in [5.74, 6) is 1.13. The monoisotopic (exact) mass is 381 g/mol. The highest BCUT2D eigenvalue weighted by atomic mass is 16.5. The van der Waals surface area contributed by atoms with Gasteiger partial charge in [0.25, 0.3) is 0 Å². The van der Waals surface area contributed by atoms with Crippen molar-refractivity contribution < 1.29 is 19.1 Å². The maximum Gasteiger partial charge on any atom is 0.247 e. The van der Waals surface area contributed by atoms with E-state index in [1.165, 1.54) is 0 Å². The molecule has 146 valence electrons. The third-order valence-corrected chi connectivity index (χ3v) is 5.25.